The van der Waals surface area contributed by atoms with Gasteiger partial charge in [0.1, 0.15) is 0 Å². The molecular formula is C17H26ClNO2. The van der Waals surface area contributed by atoms with Gasteiger partial charge in [0.25, 0.3) is 0 Å². The highest BCUT2D eigenvalue weighted by Crippen LogP contribution is 2.39. The molecule has 0 aromatic heterocycles. The topological polar surface area (TPSA) is 32.7 Å². The van der Waals surface area contributed by atoms with E-state index in [0.29, 0.717) is 16.2 Å². The van der Waals surface area contributed by atoms with E-state index in [1.807, 2.05) is 12.1 Å². The molecule has 0 bridgehead atoms. The van der Waals surface area contributed by atoms with Crippen molar-refractivity contribution in [2.24, 2.45) is 5.41 Å². The van der Waals surface area contributed by atoms with E-state index in [-0.39, 0.29) is 5.75 Å². The molecule has 0 radical (unpaired) electrons. The normalized spacial score (nSPS) is 18.7. The Morgan fingerprint density at radius 1 is 1.24 bits per heavy atom. The summed E-state index contributed by atoms with van der Waals surface area (Å²) in [6, 6.07) is 3.71. The van der Waals surface area contributed by atoms with Gasteiger partial charge in [0.2, 0.25) is 0 Å². The van der Waals surface area contributed by atoms with Crippen LogP contribution in [-0.4, -0.2) is 30.2 Å². The fourth-order valence-corrected chi connectivity index (χ4v) is 3.51. The summed E-state index contributed by atoms with van der Waals surface area (Å²) in [7, 11) is 1.55. The van der Waals surface area contributed by atoms with E-state index < -0.39 is 0 Å². The van der Waals surface area contributed by atoms with Gasteiger partial charge in [0.05, 0.1) is 12.1 Å². The van der Waals surface area contributed by atoms with E-state index in [9.17, 15) is 5.11 Å². The van der Waals surface area contributed by atoms with Gasteiger partial charge in [-0.1, -0.05) is 38.3 Å². The van der Waals surface area contributed by atoms with Crippen LogP contribution in [0.5, 0.6) is 11.5 Å². The SMILES string of the molecule is CCC1(CC)CCN(Cc2cc(Cl)c(O)c(OC)c2)CC1. The number of nitrogens with zero attached hydrogens (tertiary/aromatic N) is 1. The van der Waals surface area contributed by atoms with Crippen LogP contribution in [0, 0.1) is 5.41 Å². The summed E-state index contributed by atoms with van der Waals surface area (Å²) in [6.45, 7) is 7.73. The van der Waals surface area contributed by atoms with Crippen LogP contribution in [0.15, 0.2) is 12.1 Å². The van der Waals surface area contributed by atoms with Crippen LogP contribution in [0.3, 0.4) is 0 Å². The minimum atomic E-state index is 0.0255. The van der Waals surface area contributed by atoms with E-state index >= 15 is 0 Å². The van der Waals surface area contributed by atoms with Crippen molar-refractivity contribution < 1.29 is 9.84 Å². The molecule has 3 nitrogen and oxygen atoms in total. The molecule has 1 aliphatic rings. The van der Waals surface area contributed by atoms with E-state index in [4.69, 9.17) is 16.3 Å². The number of piperidine rings is 1. The Morgan fingerprint density at radius 2 is 1.86 bits per heavy atom. The van der Waals surface area contributed by atoms with Crippen LogP contribution in [0.1, 0.15) is 45.1 Å². The van der Waals surface area contributed by atoms with Crippen molar-refractivity contribution in [3.8, 4) is 11.5 Å². The number of phenols is 1. The standard InChI is InChI=1S/C17H26ClNO2/c1-4-17(5-2)6-8-19(9-7-17)12-13-10-14(18)16(20)15(11-13)21-3/h10-11,20H,4-9,12H2,1-3H3. The number of benzene rings is 1. The third-order valence-electron chi connectivity index (χ3n) is 5.13. The van der Waals surface area contributed by atoms with Crippen molar-refractivity contribution in [1.29, 1.82) is 0 Å². The summed E-state index contributed by atoms with van der Waals surface area (Å²) in [5.41, 5.74) is 1.64. The van der Waals surface area contributed by atoms with Gasteiger partial charge in [-0.15, -0.1) is 0 Å². The predicted octanol–water partition coefficient (Wildman–Crippen LogP) is 4.46. The number of likely N-dealkylation sites (tertiary alicyclic amines) is 1. The van der Waals surface area contributed by atoms with Crippen molar-refractivity contribution >= 4 is 11.6 Å². The largest absolute Gasteiger partial charge is 0.503 e. The Kier molecular flexibility index (Phi) is 5.39. The molecule has 1 fully saturated rings. The molecule has 1 aromatic rings. The molecule has 0 amide bonds. The maximum absolute atomic E-state index is 9.79. The number of hydrogen-bond donors (Lipinski definition) is 1. The first kappa shape index (κ1) is 16.4. The first-order valence-electron chi connectivity index (χ1n) is 7.81. The average molecular weight is 312 g/mol. The zero-order valence-electron chi connectivity index (χ0n) is 13.3. The lowest BCUT2D eigenvalue weighted by Gasteiger charge is -2.41. The van der Waals surface area contributed by atoms with Gasteiger partial charge in [0.15, 0.2) is 11.5 Å². The molecule has 0 aliphatic carbocycles. The number of halogens is 1. The van der Waals surface area contributed by atoms with Crippen LogP contribution in [0.4, 0.5) is 0 Å². The smallest absolute Gasteiger partial charge is 0.176 e. The van der Waals surface area contributed by atoms with Crippen LogP contribution in [0.2, 0.25) is 5.02 Å². The lowest BCUT2D eigenvalue weighted by atomic mass is 9.74. The second kappa shape index (κ2) is 6.89. The molecule has 2 rings (SSSR count). The minimum Gasteiger partial charge on any atom is -0.503 e. The Bertz CT molecular complexity index is 476. The molecular weight excluding hydrogens is 286 g/mol. The Balaban J connectivity index is 2.02. The number of rotatable bonds is 5. The molecule has 4 heteroatoms. The molecule has 0 unspecified atom stereocenters. The fourth-order valence-electron chi connectivity index (χ4n) is 3.27. The van der Waals surface area contributed by atoms with Crippen LogP contribution in [-0.2, 0) is 6.54 Å². The first-order valence-corrected chi connectivity index (χ1v) is 8.19. The average Bonchev–Trinajstić information content (AvgIpc) is 2.51. The van der Waals surface area contributed by atoms with Gasteiger partial charge in [-0.25, -0.2) is 0 Å². The number of phenolic OH excluding ortho intramolecular Hbond substituents is 1. The summed E-state index contributed by atoms with van der Waals surface area (Å²) in [5, 5.41) is 10.1. The number of methoxy groups -OCH3 is 1. The number of aromatic hydroxyl groups is 1. The second-order valence-electron chi connectivity index (χ2n) is 6.11. The lowest BCUT2D eigenvalue weighted by Crippen LogP contribution is -2.39. The van der Waals surface area contributed by atoms with Crippen LogP contribution in [0.25, 0.3) is 0 Å². The quantitative estimate of drug-likeness (QED) is 0.871. The molecule has 0 saturated carbocycles. The molecule has 1 aromatic carbocycles. The molecule has 1 aliphatic heterocycles. The molecule has 21 heavy (non-hydrogen) atoms. The molecule has 1 heterocycles. The Hall–Kier alpha value is -0.930. The van der Waals surface area contributed by atoms with Gasteiger partial charge >= 0.3 is 0 Å². The van der Waals surface area contributed by atoms with Crippen molar-refractivity contribution in [2.45, 2.75) is 46.1 Å². The van der Waals surface area contributed by atoms with Gasteiger partial charge in [-0.3, -0.25) is 4.90 Å². The highest BCUT2D eigenvalue weighted by Gasteiger charge is 2.31. The first-order chi connectivity index (χ1) is 10.0. The van der Waals surface area contributed by atoms with Crippen LogP contribution >= 0.6 is 11.6 Å². The van der Waals surface area contributed by atoms with Gasteiger partial charge in [-0.2, -0.15) is 0 Å². The third kappa shape index (κ3) is 3.64. The lowest BCUT2D eigenvalue weighted by molar-refractivity contribution is 0.0908. The fraction of sp³-hybridized carbons (Fsp3) is 0.647. The Morgan fingerprint density at radius 3 is 2.38 bits per heavy atom. The zero-order chi connectivity index (χ0) is 15.5. The monoisotopic (exact) mass is 311 g/mol. The Labute approximate surface area is 132 Å². The molecule has 0 atom stereocenters. The highest BCUT2D eigenvalue weighted by molar-refractivity contribution is 6.32. The van der Waals surface area contributed by atoms with Crippen molar-refractivity contribution in [1.82, 2.24) is 4.90 Å². The van der Waals surface area contributed by atoms with Crippen molar-refractivity contribution in [2.75, 3.05) is 20.2 Å². The van der Waals surface area contributed by atoms with Crippen molar-refractivity contribution in [3.63, 3.8) is 0 Å². The van der Waals surface area contributed by atoms with Gasteiger partial charge in [-0.05, 0) is 49.0 Å². The summed E-state index contributed by atoms with van der Waals surface area (Å²) in [6.07, 6.45) is 5.08. The maximum atomic E-state index is 9.79. The van der Waals surface area contributed by atoms with Gasteiger partial charge < -0.3 is 9.84 Å². The summed E-state index contributed by atoms with van der Waals surface area (Å²) >= 11 is 6.06. The predicted molar refractivity (Wildman–Crippen MR) is 87.2 cm³/mol. The van der Waals surface area contributed by atoms with E-state index in [2.05, 4.69) is 18.7 Å². The minimum absolute atomic E-state index is 0.0255. The zero-order valence-corrected chi connectivity index (χ0v) is 14.0. The van der Waals surface area contributed by atoms with Crippen LogP contribution < -0.4 is 4.74 Å². The number of ether oxygens (including phenoxy) is 1. The van der Waals surface area contributed by atoms with E-state index in [1.165, 1.54) is 25.7 Å². The van der Waals surface area contributed by atoms with E-state index in [1.54, 1.807) is 7.11 Å². The highest BCUT2D eigenvalue weighted by atomic mass is 35.5. The maximum Gasteiger partial charge on any atom is 0.176 e. The summed E-state index contributed by atoms with van der Waals surface area (Å²) < 4.78 is 5.17. The molecule has 0 spiro atoms. The van der Waals surface area contributed by atoms with E-state index in [0.717, 1.165) is 25.2 Å². The van der Waals surface area contributed by atoms with Gasteiger partial charge in [0, 0.05) is 6.54 Å². The molecule has 1 saturated heterocycles. The number of hydrogen-bond acceptors (Lipinski definition) is 3. The second-order valence-corrected chi connectivity index (χ2v) is 6.52. The summed E-state index contributed by atoms with van der Waals surface area (Å²) in [4.78, 5) is 2.46. The van der Waals surface area contributed by atoms with Crippen molar-refractivity contribution in [3.05, 3.63) is 22.7 Å². The third-order valence-corrected chi connectivity index (χ3v) is 5.42. The molecule has 1 N–H and O–H groups in total. The molecule has 118 valence electrons. The summed E-state index contributed by atoms with van der Waals surface area (Å²) in [5.74, 6) is 0.475.